The van der Waals surface area contributed by atoms with Crippen LogP contribution in [0.4, 0.5) is 0 Å². The zero-order chi connectivity index (χ0) is 33.5. The Balaban J connectivity index is 0.000000246. The number of carbonyl (C=O) groups excluding carboxylic acids is 2. The van der Waals surface area contributed by atoms with Crippen LogP contribution in [0, 0.1) is 0 Å². The van der Waals surface area contributed by atoms with Gasteiger partial charge in [0.15, 0.2) is 0 Å². The molecule has 0 spiro atoms. The van der Waals surface area contributed by atoms with E-state index in [1.165, 1.54) is 44.5 Å². The molecule has 2 aromatic carbocycles. The van der Waals surface area contributed by atoms with Crippen molar-refractivity contribution in [1.29, 1.82) is 0 Å². The molecular weight excluding hydrogens is 649 g/mol. The fraction of sp³-hybridized carbons (Fsp3) is 0.333. The number of thioether (sulfide) groups is 2. The molecular formula is C33H36N2O6S4. The second-order valence-corrected chi connectivity index (χ2v) is 15.0. The Labute approximate surface area is 282 Å². The smallest absolute Gasteiger partial charge is 0.305 e. The van der Waals surface area contributed by atoms with Crippen molar-refractivity contribution in [1.82, 2.24) is 9.80 Å². The third-order valence-electron chi connectivity index (χ3n) is 6.82. The number of carboxylic acid groups (broad SMARTS) is 2. The fourth-order valence-electron chi connectivity index (χ4n) is 4.16. The van der Waals surface area contributed by atoms with Gasteiger partial charge in [-0.25, -0.2) is 0 Å². The van der Waals surface area contributed by atoms with E-state index in [9.17, 15) is 19.2 Å². The van der Waals surface area contributed by atoms with Crippen LogP contribution in [0.3, 0.4) is 0 Å². The molecule has 4 rings (SSSR count). The third-order valence-corrected chi connectivity index (χ3v) is 9.58. The van der Waals surface area contributed by atoms with Crippen LogP contribution in [0.25, 0.3) is 12.2 Å². The largest absolute Gasteiger partial charge is 0.481 e. The molecule has 45 heavy (non-hydrogen) atoms. The highest BCUT2D eigenvalue weighted by Gasteiger charge is 2.33. The summed E-state index contributed by atoms with van der Waals surface area (Å²) in [5.41, 5.74) is 4.41. The van der Waals surface area contributed by atoms with E-state index < -0.39 is 11.9 Å². The van der Waals surface area contributed by atoms with Crippen LogP contribution in [-0.4, -0.2) is 65.5 Å². The Morgan fingerprint density at radius 1 is 0.756 bits per heavy atom. The SMILES string of the molecule is CC(C)(C)c1ccc(/C=C2\SC(=S)N(CCC(=O)O)C2=O)cc1.CC(C)c1ccc(/C=C2\SC(=S)N(CCC(=O)O)C2=O)cc1. The minimum absolute atomic E-state index is 0.0821. The van der Waals surface area contributed by atoms with E-state index in [-0.39, 0.29) is 43.2 Å². The van der Waals surface area contributed by atoms with E-state index in [1.807, 2.05) is 36.4 Å². The van der Waals surface area contributed by atoms with Crippen LogP contribution in [-0.2, 0) is 24.6 Å². The monoisotopic (exact) mass is 684 g/mol. The van der Waals surface area contributed by atoms with Gasteiger partial charge in [0.1, 0.15) is 8.64 Å². The van der Waals surface area contributed by atoms with Crippen LogP contribution in [0.2, 0.25) is 0 Å². The second-order valence-electron chi connectivity index (χ2n) is 11.6. The van der Waals surface area contributed by atoms with Crippen molar-refractivity contribution in [2.45, 2.75) is 58.8 Å². The number of aliphatic carboxylic acids is 2. The van der Waals surface area contributed by atoms with Crippen LogP contribution < -0.4 is 0 Å². The number of thiocarbonyl (C=S) groups is 2. The minimum atomic E-state index is -0.944. The first kappa shape index (κ1) is 36.2. The molecule has 12 heteroatoms. The molecule has 2 aromatic rings. The maximum Gasteiger partial charge on any atom is 0.305 e. The summed E-state index contributed by atoms with van der Waals surface area (Å²) in [6.45, 7) is 10.9. The summed E-state index contributed by atoms with van der Waals surface area (Å²) < 4.78 is 0.824. The lowest BCUT2D eigenvalue weighted by atomic mass is 9.87. The van der Waals surface area contributed by atoms with Gasteiger partial charge in [-0.2, -0.15) is 0 Å². The van der Waals surface area contributed by atoms with E-state index in [4.69, 9.17) is 34.6 Å². The first-order valence-electron chi connectivity index (χ1n) is 14.2. The summed E-state index contributed by atoms with van der Waals surface area (Å²) in [4.78, 5) is 49.6. The summed E-state index contributed by atoms with van der Waals surface area (Å²) in [5, 5.41) is 17.5. The third kappa shape index (κ3) is 10.4. The molecule has 2 heterocycles. The average Bonchev–Trinajstić information content (AvgIpc) is 3.38. The van der Waals surface area contributed by atoms with Gasteiger partial charge >= 0.3 is 11.9 Å². The summed E-state index contributed by atoms with van der Waals surface area (Å²) in [5.74, 6) is -1.86. The van der Waals surface area contributed by atoms with Gasteiger partial charge in [0.25, 0.3) is 11.8 Å². The van der Waals surface area contributed by atoms with E-state index in [0.717, 1.165) is 11.1 Å². The molecule has 2 N–H and O–H groups in total. The average molecular weight is 685 g/mol. The lowest BCUT2D eigenvalue weighted by Gasteiger charge is -2.18. The fourth-order valence-corrected chi connectivity index (χ4v) is 6.78. The van der Waals surface area contributed by atoms with Crippen molar-refractivity contribution >= 4 is 92.5 Å². The van der Waals surface area contributed by atoms with Gasteiger partial charge < -0.3 is 10.2 Å². The van der Waals surface area contributed by atoms with Gasteiger partial charge in [-0.05, 0) is 45.7 Å². The number of hydrogen-bond donors (Lipinski definition) is 2. The first-order chi connectivity index (χ1) is 21.1. The van der Waals surface area contributed by atoms with Crippen molar-refractivity contribution in [3.63, 3.8) is 0 Å². The van der Waals surface area contributed by atoms with E-state index in [1.54, 1.807) is 12.2 Å². The van der Waals surface area contributed by atoms with Crippen molar-refractivity contribution in [2.24, 2.45) is 0 Å². The molecule has 8 nitrogen and oxygen atoms in total. The topological polar surface area (TPSA) is 115 Å². The Morgan fingerprint density at radius 3 is 1.47 bits per heavy atom. The highest BCUT2D eigenvalue weighted by molar-refractivity contribution is 8.27. The predicted molar refractivity (Wildman–Crippen MR) is 190 cm³/mol. The quantitative estimate of drug-likeness (QED) is 0.209. The molecule has 0 radical (unpaired) electrons. The maximum atomic E-state index is 12.3. The van der Waals surface area contributed by atoms with Crippen LogP contribution in [0.15, 0.2) is 58.3 Å². The predicted octanol–water partition coefficient (Wildman–Crippen LogP) is 7.15. The summed E-state index contributed by atoms with van der Waals surface area (Å²) in [6, 6.07) is 16.1. The Hall–Kier alpha value is -3.32. The minimum Gasteiger partial charge on any atom is -0.481 e. The van der Waals surface area contributed by atoms with Crippen LogP contribution in [0.1, 0.15) is 75.6 Å². The van der Waals surface area contributed by atoms with Gasteiger partial charge in [-0.1, -0.05) is 131 Å². The normalized spacial score (nSPS) is 17.0. The molecule has 2 fully saturated rings. The Bertz CT molecular complexity index is 1540. The Morgan fingerprint density at radius 2 is 1.13 bits per heavy atom. The molecule has 0 aliphatic carbocycles. The number of carbonyl (C=O) groups is 4. The molecule has 2 aliphatic rings. The lowest BCUT2D eigenvalue weighted by Crippen LogP contribution is -2.30. The van der Waals surface area contributed by atoms with E-state index in [0.29, 0.717) is 24.4 Å². The number of hydrogen-bond acceptors (Lipinski definition) is 8. The van der Waals surface area contributed by atoms with Crippen molar-refractivity contribution in [3.8, 4) is 0 Å². The van der Waals surface area contributed by atoms with Gasteiger partial charge in [-0.3, -0.25) is 29.0 Å². The number of benzene rings is 2. The van der Waals surface area contributed by atoms with Gasteiger partial charge in [0.2, 0.25) is 0 Å². The molecule has 2 amide bonds. The van der Waals surface area contributed by atoms with Gasteiger partial charge in [0.05, 0.1) is 22.7 Å². The molecule has 0 atom stereocenters. The summed E-state index contributed by atoms with van der Waals surface area (Å²) in [7, 11) is 0. The maximum absolute atomic E-state index is 12.3. The molecule has 2 saturated heterocycles. The molecule has 0 unspecified atom stereocenters. The van der Waals surface area contributed by atoms with E-state index in [2.05, 4.69) is 46.8 Å². The van der Waals surface area contributed by atoms with Crippen molar-refractivity contribution < 1.29 is 29.4 Å². The number of rotatable bonds is 9. The highest BCUT2D eigenvalue weighted by Crippen LogP contribution is 2.34. The standard InChI is InChI=1S/C17H19NO3S2.C16H17NO3S2/c1-17(2,3)12-6-4-11(5-7-12)10-13-15(21)18(16(22)23-13)9-8-14(19)20;1-10(2)12-5-3-11(4-6-12)9-13-15(20)17(16(21)22-13)8-7-14(18)19/h4-7,10H,8-9H2,1-3H3,(H,19,20);3-6,9-10H,7-8H2,1-2H3,(H,18,19)/b13-10-;13-9-. The first-order valence-corrected chi connectivity index (χ1v) is 16.7. The summed E-state index contributed by atoms with van der Waals surface area (Å²) >= 11 is 12.7. The molecule has 2 aliphatic heterocycles. The summed E-state index contributed by atoms with van der Waals surface area (Å²) in [6.07, 6.45) is 3.37. The molecule has 0 bridgehead atoms. The number of amides is 2. The molecule has 0 saturated carbocycles. The lowest BCUT2D eigenvalue weighted by molar-refractivity contribution is -0.138. The highest BCUT2D eigenvalue weighted by atomic mass is 32.2. The Kier molecular flexibility index (Phi) is 12.7. The van der Waals surface area contributed by atoms with Gasteiger partial charge in [-0.15, -0.1) is 0 Å². The zero-order valence-corrected chi connectivity index (χ0v) is 29.0. The van der Waals surface area contributed by atoms with Crippen molar-refractivity contribution in [3.05, 3.63) is 80.6 Å². The van der Waals surface area contributed by atoms with Crippen LogP contribution in [0.5, 0.6) is 0 Å². The molecule has 238 valence electrons. The number of carboxylic acids is 2. The molecule has 0 aromatic heterocycles. The number of nitrogens with zero attached hydrogens (tertiary/aromatic N) is 2. The zero-order valence-electron chi connectivity index (χ0n) is 25.7. The van der Waals surface area contributed by atoms with Gasteiger partial charge in [0, 0.05) is 13.1 Å². The van der Waals surface area contributed by atoms with Crippen molar-refractivity contribution in [2.75, 3.05) is 13.1 Å². The van der Waals surface area contributed by atoms with E-state index >= 15 is 0 Å². The second kappa shape index (κ2) is 15.8. The van der Waals surface area contributed by atoms with Crippen LogP contribution >= 0.6 is 48.0 Å².